The highest BCUT2D eigenvalue weighted by molar-refractivity contribution is 5.99. The summed E-state index contributed by atoms with van der Waals surface area (Å²) in [5, 5.41) is 1.84. The van der Waals surface area contributed by atoms with Crippen molar-refractivity contribution in [3.05, 3.63) is 65.6 Å². The maximum Gasteiger partial charge on any atom is 0.342 e. The second kappa shape index (κ2) is 7.95. The van der Waals surface area contributed by atoms with Crippen molar-refractivity contribution in [1.29, 1.82) is 0 Å². The minimum atomic E-state index is -0.604. The first kappa shape index (κ1) is 18.5. The molecule has 6 heteroatoms. The van der Waals surface area contributed by atoms with Crippen LogP contribution in [0.25, 0.3) is 10.8 Å². The molecule has 6 nitrogen and oxygen atoms in total. The van der Waals surface area contributed by atoms with Crippen LogP contribution in [-0.2, 0) is 16.1 Å². The average molecular weight is 367 g/mol. The fourth-order valence-electron chi connectivity index (χ4n) is 2.76. The quantitative estimate of drug-likeness (QED) is 0.623. The molecule has 0 aliphatic heterocycles. The van der Waals surface area contributed by atoms with Crippen LogP contribution in [0.4, 0.5) is 0 Å². The van der Waals surface area contributed by atoms with Crippen LogP contribution in [-0.4, -0.2) is 37.5 Å². The number of amides is 1. The normalized spacial score (nSPS) is 10.6. The van der Waals surface area contributed by atoms with E-state index in [0.29, 0.717) is 18.1 Å². The van der Waals surface area contributed by atoms with Gasteiger partial charge in [-0.1, -0.05) is 24.3 Å². The van der Waals surface area contributed by atoms with Crippen LogP contribution in [0.1, 0.15) is 21.9 Å². The highest BCUT2D eigenvalue weighted by atomic mass is 16.5. The molecule has 0 aliphatic carbocycles. The molecule has 2 aromatic carbocycles. The van der Waals surface area contributed by atoms with Crippen molar-refractivity contribution >= 4 is 22.6 Å². The van der Waals surface area contributed by atoms with Gasteiger partial charge in [-0.3, -0.25) is 4.79 Å². The van der Waals surface area contributed by atoms with Gasteiger partial charge in [0.25, 0.3) is 5.91 Å². The predicted molar refractivity (Wildman–Crippen MR) is 101 cm³/mol. The molecule has 0 saturated heterocycles. The van der Waals surface area contributed by atoms with Gasteiger partial charge in [-0.2, -0.15) is 0 Å². The molecule has 3 rings (SSSR count). The fraction of sp³-hybridized carbons (Fsp3) is 0.238. The molecule has 0 unspecified atom stereocenters. The number of fused-ring (bicyclic) bond motifs is 1. The highest BCUT2D eigenvalue weighted by Gasteiger charge is 2.18. The second-order valence-corrected chi connectivity index (χ2v) is 6.24. The van der Waals surface area contributed by atoms with Gasteiger partial charge in [-0.25, -0.2) is 4.79 Å². The van der Waals surface area contributed by atoms with Crippen LogP contribution in [0, 0.1) is 6.92 Å². The third kappa shape index (κ3) is 4.28. The molecule has 0 atom stereocenters. The van der Waals surface area contributed by atoms with Crippen LogP contribution in [0.15, 0.2) is 52.9 Å². The number of nitrogens with zero attached hydrogens (tertiary/aromatic N) is 1. The lowest BCUT2D eigenvalue weighted by atomic mass is 10.1. The maximum absolute atomic E-state index is 12.5. The summed E-state index contributed by atoms with van der Waals surface area (Å²) in [5.41, 5.74) is 0.285. The molecule has 0 saturated carbocycles. The summed E-state index contributed by atoms with van der Waals surface area (Å²) in [4.78, 5) is 26.1. The Labute approximate surface area is 157 Å². The summed E-state index contributed by atoms with van der Waals surface area (Å²) in [6.07, 6.45) is 0. The molecule has 1 amide bonds. The van der Waals surface area contributed by atoms with Crippen molar-refractivity contribution in [3.8, 4) is 5.75 Å². The molecule has 1 heterocycles. The standard InChI is InChI=1S/C21H21NO5/c1-14-8-9-17(27-14)12-22(2)20(23)13-26-21(24)18-10-15-6-4-5-7-16(15)11-19(18)25-3/h4-11H,12-13H2,1-3H3. The molecule has 140 valence electrons. The molecule has 27 heavy (non-hydrogen) atoms. The van der Waals surface area contributed by atoms with Gasteiger partial charge in [-0.05, 0) is 42.0 Å². The molecule has 0 N–H and O–H groups in total. The summed E-state index contributed by atoms with van der Waals surface area (Å²) < 4.78 is 16.0. The molecule has 0 aliphatic rings. The number of esters is 1. The van der Waals surface area contributed by atoms with Crippen molar-refractivity contribution in [2.75, 3.05) is 20.8 Å². The SMILES string of the molecule is COc1cc2ccccc2cc1C(=O)OCC(=O)N(C)Cc1ccc(C)o1. The zero-order chi connectivity index (χ0) is 19.4. The Morgan fingerprint density at radius 1 is 1.07 bits per heavy atom. The summed E-state index contributed by atoms with van der Waals surface area (Å²) in [5.74, 6) is 0.933. The van der Waals surface area contributed by atoms with E-state index in [-0.39, 0.29) is 18.1 Å². The summed E-state index contributed by atoms with van der Waals surface area (Å²) >= 11 is 0. The second-order valence-electron chi connectivity index (χ2n) is 6.24. The van der Waals surface area contributed by atoms with Gasteiger partial charge in [0.1, 0.15) is 22.8 Å². The van der Waals surface area contributed by atoms with Crippen molar-refractivity contribution in [2.24, 2.45) is 0 Å². The minimum absolute atomic E-state index is 0.285. The zero-order valence-electron chi connectivity index (χ0n) is 15.5. The Hall–Kier alpha value is -3.28. The van der Waals surface area contributed by atoms with E-state index in [2.05, 4.69) is 0 Å². The Kier molecular flexibility index (Phi) is 5.45. The number of carbonyl (C=O) groups is 2. The van der Waals surface area contributed by atoms with Gasteiger partial charge in [0.15, 0.2) is 6.61 Å². The molecule has 1 aromatic heterocycles. The van der Waals surface area contributed by atoms with E-state index in [0.717, 1.165) is 16.5 Å². The van der Waals surface area contributed by atoms with Gasteiger partial charge in [-0.15, -0.1) is 0 Å². The highest BCUT2D eigenvalue weighted by Crippen LogP contribution is 2.26. The fourth-order valence-corrected chi connectivity index (χ4v) is 2.76. The Bertz CT molecular complexity index is 976. The van der Waals surface area contributed by atoms with E-state index < -0.39 is 5.97 Å². The lowest BCUT2D eigenvalue weighted by molar-refractivity contribution is -0.134. The van der Waals surface area contributed by atoms with Crippen LogP contribution in [0.5, 0.6) is 5.75 Å². The maximum atomic E-state index is 12.5. The number of carbonyl (C=O) groups excluding carboxylic acids is 2. The van der Waals surface area contributed by atoms with Crippen LogP contribution in [0.2, 0.25) is 0 Å². The van der Waals surface area contributed by atoms with Gasteiger partial charge in [0, 0.05) is 7.05 Å². The molecule has 0 radical (unpaired) electrons. The first-order valence-corrected chi connectivity index (χ1v) is 8.51. The number of rotatable bonds is 6. The first-order chi connectivity index (χ1) is 13.0. The minimum Gasteiger partial charge on any atom is -0.496 e. The Balaban J connectivity index is 1.66. The number of likely N-dealkylation sites (N-methyl/N-ethyl adjacent to an activating group) is 1. The number of hydrogen-bond acceptors (Lipinski definition) is 5. The van der Waals surface area contributed by atoms with Crippen LogP contribution < -0.4 is 4.74 Å². The molecule has 3 aromatic rings. The number of aryl methyl sites for hydroxylation is 1. The van der Waals surface area contributed by atoms with E-state index in [4.69, 9.17) is 13.9 Å². The third-order valence-corrected chi connectivity index (χ3v) is 4.23. The van der Waals surface area contributed by atoms with Gasteiger partial charge in [0.2, 0.25) is 0 Å². The molecule has 0 fully saturated rings. The predicted octanol–water partition coefficient (Wildman–Crippen LogP) is 3.57. The van der Waals surface area contributed by atoms with E-state index in [1.54, 1.807) is 19.2 Å². The molecular formula is C21H21NO5. The lowest BCUT2D eigenvalue weighted by Gasteiger charge is -2.16. The summed E-state index contributed by atoms with van der Waals surface area (Å²) in [7, 11) is 3.12. The lowest BCUT2D eigenvalue weighted by Crippen LogP contribution is -2.30. The number of methoxy groups -OCH3 is 1. The average Bonchev–Trinajstić information content (AvgIpc) is 3.09. The van der Waals surface area contributed by atoms with Crippen molar-refractivity contribution in [3.63, 3.8) is 0 Å². The van der Waals surface area contributed by atoms with Crippen molar-refractivity contribution < 1.29 is 23.5 Å². The largest absolute Gasteiger partial charge is 0.496 e. The third-order valence-electron chi connectivity index (χ3n) is 4.23. The van der Waals surface area contributed by atoms with E-state index >= 15 is 0 Å². The Morgan fingerprint density at radius 3 is 2.41 bits per heavy atom. The van der Waals surface area contributed by atoms with Crippen LogP contribution in [0.3, 0.4) is 0 Å². The zero-order valence-corrected chi connectivity index (χ0v) is 15.5. The van der Waals surface area contributed by atoms with Crippen molar-refractivity contribution in [2.45, 2.75) is 13.5 Å². The summed E-state index contributed by atoms with van der Waals surface area (Å²) in [6, 6.07) is 14.8. The van der Waals surface area contributed by atoms with Gasteiger partial charge < -0.3 is 18.8 Å². The van der Waals surface area contributed by atoms with Crippen molar-refractivity contribution in [1.82, 2.24) is 4.90 Å². The summed E-state index contributed by atoms with van der Waals surface area (Å²) in [6.45, 7) is 1.79. The van der Waals surface area contributed by atoms with Crippen LogP contribution >= 0.6 is 0 Å². The topological polar surface area (TPSA) is 69.0 Å². The van der Waals surface area contributed by atoms with E-state index in [1.165, 1.54) is 12.0 Å². The van der Waals surface area contributed by atoms with E-state index in [1.807, 2.05) is 43.3 Å². The number of hydrogen-bond donors (Lipinski definition) is 0. The van der Waals surface area contributed by atoms with Gasteiger partial charge >= 0.3 is 5.97 Å². The monoisotopic (exact) mass is 367 g/mol. The Morgan fingerprint density at radius 2 is 1.78 bits per heavy atom. The number of furan rings is 1. The molecular weight excluding hydrogens is 346 g/mol. The molecule has 0 spiro atoms. The van der Waals surface area contributed by atoms with Gasteiger partial charge in [0.05, 0.1) is 13.7 Å². The number of benzene rings is 2. The molecule has 0 bridgehead atoms. The number of ether oxygens (including phenoxy) is 2. The smallest absolute Gasteiger partial charge is 0.342 e. The van der Waals surface area contributed by atoms with E-state index in [9.17, 15) is 9.59 Å². The first-order valence-electron chi connectivity index (χ1n) is 8.51.